The molecule has 0 bridgehead atoms. The Balaban J connectivity index is 1.51. The molecule has 8 heteroatoms. The van der Waals surface area contributed by atoms with E-state index in [1.54, 1.807) is 28.4 Å². The van der Waals surface area contributed by atoms with Crippen molar-refractivity contribution in [1.82, 2.24) is 9.80 Å². The largest absolute Gasteiger partial charge is 0.491 e. The minimum absolute atomic E-state index is 0.0728. The first-order valence-corrected chi connectivity index (χ1v) is 12.1. The second-order valence-corrected chi connectivity index (χ2v) is 9.15. The summed E-state index contributed by atoms with van der Waals surface area (Å²) < 4.78 is 32.4. The second kappa shape index (κ2) is 10.8. The number of ether oxygens (including phenoxy) is 1. The molecule has 1 aromatic heterocycles. The highest BCUT2D eigenvalue weighted by Gasteiger charge is 2.33. The van der Waals surface area contributed by atoms with E-state index in [-0.39, 0.29) is 36.8 Å². The van der Waals surface area contributed by atoms with Gasteiger partial charge in [-0.1, -0.05) is 6.92 Å². The lowest BCUT2D eigenvalue weighted by atomic mass is 10.0. The lowest BCUT2D eigenvalue weighted by Gasteiger charge is -2.37. The molecule has 34 heavy (non-hydrogen) atoms. The highest BCUT2D eigenvalue weighted by atomic mass is 32.1. The summed E-state index contributed by atoms with van der Waals surface area (Å²) in [5, 5.41) is 2.00. The predicted octanol–water partition coefficient (Wildman–Crippen LogP) is 5.08. The molecule has 2 aromatic carbocycles. The van der Waals surface area contributed by atoms with Crippen molar-refractivity contribution < 1.29 is 23.1 Å². The number of halogens is 2. The summed E-state index contributed by atoms with van der Waals surface area (Å²) in [5.74, 6) is -0.714. The van der Waals surface area contributed by atoms with E-state index in [1.165, 1.54) is 46.2 Å². The standard InChI is InChI=1S/C26H26F2N2O3S/c1-2-13-29(26(32)18-3-5-19(27)6-4-18)16-25(31)30-14-11-24-22(12-15-34-24)23(30)17-33-21-9-7-20(28)8-10-21/h3-10,12,15,23H,2,11,13-14,16-17H2,1H3/t23-/m0/s1. The zero-order chi connectivity index (χ0) is 24.1. The number of amides is 2. The van der Waals surface area contributed by atoms with Crippen molar-refractivity contribution in [2.75, 3.05) is 26.2 Å². The van der Waals surface area contributed by atoms with E-state index < -0.39 is 5.82 Å². The van der Waals surface area contributed by atoms with E-state index in [9.17, 15) is 18.4 Å². The van der Waals surface area contributed by atoms with Crippen LogP contribution in [0.15, 0.2) is 60.0 Å². The van der Waals surface area contributed by atoms with Gasteiger partial charge in [0.2, 0.25) is 5.91 Å². The zero-order valence-corrected chi connectivity index (χ0v) is 19.7. The number of fused-ring (bicyclic) bond motifs is 1. The highest BCUT2D eigenvalue weighted by molar-refractivity contribution is 7.10. The van der Waals surface area contributed by atoms with Gasteiger partial charge in [-0.25, -0.2) is 8.78 Å². The Kier molecular flexibility index (Phi) is 7.57. The molecule has 3 aromatic rings. The molecule has 0 spiro atoms. The Morgan fingerprint density at radius 1 is 1.06 bits per heavy atom. The van der Waals surface area contributed by atoms with Crippen LogP contribution in [0.1, 0.15) is 40.2 Å². The fourth-order valence-corrected chi connectivity index (χ4v) is 5.06. The normalized spacial score (nSPS) is 15.0. The van der Waals surface area contributed by atoms with Gasteiger partial charge in [0.05, 0.1) is 6.04 Å². The first-order valence-electron chi connectivity index (χ1n) is 11.2. The van der Waals surface area contributed by atoms with E-state index in [2.05, 4.69) is 0 Å². The number of rotatable bonds is 8. The molecule has 0 saturated heterocycles. The van der Waals surface area contributed by atoms with E-state index in [4.69, 9.17) is 4.74 Å². The third kappa shape index (κ3) is 5.44. The van der Waals surface area contributed by atoms with Gasteiger partial charge in [0.15, 0.2) is 0 Å². The number of thiophene rings is 1. The van der Waals surface area contributed by atoms with Crippen molar-refractivity contribution in [3.8, 4) is 5.75 Å². The Labute approximate surface area is 201 Å². The predicted molar refractivity (Wildman–Crippen MR) is 127 cm³/mol. The smallest absolute Gasteiger partial charge is 0.254 e. The summed E-state index contributed by atoms with van der Waals surface area (Å²) in [5.41, 5.74) is 1.39. The number of hydrogen-bond acceptors (Lipinski definition) is 4. The number of nitrogens with zero attached hydrogens (tertiary/aromatic N) is 2. The zero-order valence-electron chi connectivity index (χ0n) is 18.9. The van der Waals surface area contributed by atoms with Crippen molar-refractivity contribution >= 4 is 23.2 Å². The molecule has 0 unspecified atom stereocenters. The molecule has 178 valence electrons. The minimum Gasteiger partial charge on any atom is -0.491 e. The van der Waals surface area contributed by atoms with Crippen LogP contribution < -0.4 is 4.74 Å². The third-order valence-electron chi connectivity index (χ3n) is 5.83. The molecule has 0 radical (unpaired) electrons. The van der Waals surface area contributed by atoms with Crippen LogP contribution in [0.3, 0.4) is 0 Å². The molecule has 1 aliphatic heterocycles. The maximum absolute atomic E-state index is 13.4. The quantitative estimate of drug-likeness (QED) is 0.448. The summed E-state index contributed by atoms with van der Waals surface area (Å²) in [4.78, 5) is 30.9. The first kappa shape index (κ1) is 23.9. The van der Waals surface area contributed by atoms with Gasteiger partial charge in [0, 0.05) is 23.5 Å². The van der Waals surface area contributed by atoms with Crippen LogP contribution in [0.4, 0.5) is 8.78 Å². The number of carbonyl (C=O) groups excluding carboxylic acids is 2. The van der Waals surface area contributed by atoms with Crippen molar-refractivity contribution in [2.24, 2.45) is 0 Å². The minimum atomic E-state index is -0.418. The van der Waals surface area contributed by atoms with Gasteiger partial charge < -0.3 is 14.5 Å². The molecule has 0 fully saturated rings. The fraction of sp³-hybridized carbons (Fsp3) is 0.308. The highest BCUT2D eigenvalue weighted by Crippen LogP contribution is 2.34. The van der Waals surface area contributed by atoms with Gasteiger partial charge >= 0.3 is 0 Å². The Morgan fingerprint density at radius 3 is 2.41 bits per heavy atom. The SMILES string of the molecule is CCCN(CC(=O)N1CCc2sccc2[C@@H]1COc1ccc(F)cc1)C(=O)c1ccc(F)cc1. The van der Waals surface area contributed by atoms with Gasteiger partial charge in [-0.2, -0.15) is 0 Å². The first-order chi connectivity index (χ1) is 16.5. The van der Waals surface area contributed by atoms with E-state index in [0.717, 1.165) is 12.0 Å². The topological polar surface area (TPSA) is 49.9 Å². The lowest BCUT2D eigenvalue weighted by molar-refractivity contribution is -0.135. The monoisotopic (exact) mass is 484 g/mol. The van der Waals surface area contributed by atoms with Crippen molar-refractivity contribution in [3.63, 3.8) is 0 Å². The Hall–Kier alpha value is -3.26. The summed E-state index contributed by atoms with van der Waals surface area (Å²) in [6, 6.07) is 12.8. The van der Waals surface area contributed by atoms with Gasteiger partial charge in [0.1, 0.15) is 30.5 Å². The van der Waals surface area contributed by atoms with Crippen LogP contribution in [0.2, 0.25) is 0 Å². The van der Waals surface area contributed by atoms with Gasteiger partial charge in [-0.15, -0.1) is 11.3 Å². The van der Waals surface area contributed by atoms with Crippen LogP contribution in [-0.4, -0.2) is 47.9 Å². The third-order valence-corrected chi connectivity index (χ3v) is 6.83. The Bertz CT molecular complexity index is 1130. The molecule has 2 amide bonds. The molecule has 1 aliphatic rings. The van der Waals surface area contributed by atoms with Gasteiger partial charge in [-0.3, -0.25) is 9.59 Å². The molecule has 0 N–H and O–H groups in total. The molecule has 1 atom stereocenters. The van der Waals surface area contributed by atoms with Crippen molar-refractivity contribution in [2.45, 2.75) is 25.8 Å². The molecular formula is C26H26F2N2O3S. The fourth-order valence-electron chi connectivity index (χ4n) is 4.13. The molecule has 4 rings (SSSR count). The molecule has 0 saturated carbocycles. The van der Waals surface area contributed by atoms with Crippen molar-refractivity contribution in [3.05, 3.63) is 87.6 Å². The number of benzene rings is 2. The summed E-state index contributed by atoms with van der Waals surface area (Å²) in [7, 11) is 0. The summed E-state index contributed by atoms with van der Waals surface area (Å²) in [6.07, 6.45) is 1.43. The van der Waals surface area contributed by atoms with Crippen LogP contribution in [0, 0.1) is 11.6 Å². The van der Waals surface area contributed by atoms with Gasteiger partial charge in [-0.05, 0) is 78.4 Å². The van der Waals surface area contributed by atoms with E-state index in [0.29, 0.717) is 30.8 Å². The number of carbonyl (C=O) groups is 2. The summed E-state index contributed by atoms with van der Waals surface area (Å²) >= 11 is 1.65. The molecule has 2 heterocycles. The lowest BCUT2D eigenvalue weighted by Crippen LogP contribution is -2.48. The van der Waals surface area contributed by atoms with Crippen LogP contribution in [-0.2, 0) is 11.2 Å². The van der Waals surface area contributed by atoms with Crippen molar-refractivity contribution in [1.29, 1.82) is 0 Å². The van der Waals surface area contributed by atoms with Crippen LogP contribution in [0.25, 0.3) is 0 Å². The number of hydrogen-bond donors (Lipinski definition) is 0. The Morgan fingerprint density at radius 2 is 1.74 bits per heavy atom. The van der Waals surface area contributed by atoms with Crippen LogP contribution >= 0.6 is 11.3 Å². The molecule has 0 aliphatic carbocycles. The summed E-state index contributed by atoms with van der Waals surface area (Å²) in [6.45, 7) is 3.02. The maximum Gasteiger partial charge on any atom is 0.254 e. The maximum atomic E-state index is 13.4. The molecular weight excluding hydrogens is 458 g/mol. The molecule has 5 nitrogen and oxygen atoms in total. The average Bonchev–Trinajstić information content (AvgIpc) is 3.32. The van der Waals surface area contributed by atoms with Crippen LogP contribution in [0.5, 0.6) is 5.75 Å². The van der Waals surface area contributed by atoms with Gasteiger partial charge in [0.25, 0.3) is 5.91 Å². The average molecular weight is 485 g/mol. The van der Waals surface area contributed by atoms with E-state index >= 15 is 0 Å². The van der Waals surface area contributed by atoms with E-state index in [1.807, 2.05) is 18.4 Å². The second-order valence-electron chi connectivity index (χ2n) is 8.15.